The molecule has 0 bridgehead atoms. The summed E-state index contributed by atoms with van der Waals surface area (Å²) in [6.45, 7) is 0.601. The number of aromatic amines is 2. The van der Waals surface area contributed by atoms with E-state index in [1.807, 2.05) is 42.6 Å². The normalized spacial score (nSPS) is 10.2. The molecule has 2 aromatic heterocycles. The Morgan fingerprint density at radius 1 is 0.864 bits per heavy atom. The highest BCUT2D eigenvalue weighted by Crippen LogP contribution is 2.16. The number of nitriles is 1. The van der Waals surface area contributed by atoms with E-state index in [1.165, 1.54) is 10.9 Å². The third-order valence-electron chi connectivity index (χ3n) is 3.60. The van der Waals surface area contributed by atoms with E-state index >= 15 is 0 Å². The minimum Gasteiger partial charge on any atom is -0.361 e. The lowest BCUT2D eigenvalue weighted by Crippen LogP contribution is -1.93. The van der Waals surface area contributed by atoms with E-state index in [9.17, 15) is 0 Å². The number of H-pyrrole nitrogens is 2. The summed E-state index contributed by atoms with van der Waals surface area (Å²) in [7, 11) is 0. The Hall–Kier alpha value is -3.03. The second-order valence-corrected chi connectivity index (χ2v) is 4.92. The second kappa shape index (κ2) is 6.17. The maximum Gasteiger partial charge on any atom is 0.101 e. The molecule has 4 aromatic rings. The molecule has 0 aliphatic rings. The summed E-state index contributed by atoms with van der Waals surface area (Å²) in [5.41, 5.74) is 9.61. The van der Waals surface area contributed by atoms with E-state index in [1.54, 1.807) is 6.20 Å². The molecule has 4 rings (SSSR count). The molecule has 0 aliphatic heterocycles. The molecule has 0 radical (unpaired) electrons. The number of para-hydroxylation sites is 2. The van der Waals surface area contributed by atoms with Gasteiger partial charge in [0.2, 0.25) is 0 Å². The van der Waals surface area contributed by atoms with Crippen molar-refractivity contribution in [1.29, 1.82) is 5.26 Å². The van der Waals surface area contributed by atoms with Gasteiger partial charge in [0.05, 0.1) is 5.56 Å². The largest absolute Gasteiger partial charge is 0.361 e. The maximum absolute atomic E-state index is 8.65. The van der Waals surface area contributed by atoms with Crippen LogP contribution in [-0.2, 0) is 6.54 Å². The fourth-order valence-electron chi connectivity index (χ4n) is 2.46. The highest BCUT2D eigenvalue weighted by Gasteiger charge is 1.99. The highest BCUT2D eigenvalue weighted by molar-refractivity contribution is 5.85. The number of aromatic nitrogens is 2. The number of rotatable bonds is 1. The predicted octanol–water partition coefficient (Wildman–Crippen LogP) is 3.67. The Balaban J connectivity index is 0.000000131. The van der Waals surface area contributed by atoms with E-state index in [0.29, 0.717) is 12.1 Å². The Bertz CT molecular complexity index is 940. The van der Waals surface area contributed by atoms with Gasteiger partial charge in [0.25, 0.3) is 0 Å². The van der Waals surface area contributed by atoms with Crippen LogP contribution in [0.4, 0.5) is 0 Å². The highest BCUT2D eigenvalue weighted by atomic mass is 14.7. The van der Waals surface area contributed by atoms with Crippen molar-refractivity contribution in [2.24, 2.45) is 5.73 Å². The van der Waals surface area contributed by atoms with Gasteiger partial charge in [0.1, 0.15) is 6.07 Å². The lowest BCUT2D eigenvalue weighted by atomic mass is 10.2. The van der Waals surface area contributed by atoms with Gasteiger partial charge in [-0.2, -0.15) is 5.26 Å². The van der Waals surface area contributed by atoms with Crippen molar-refractivity contribution in [3.05, 3.63) is 72.1 Å². The van der Waals surface area contributed by atoms with Crippen LogP contribution in [-0.4, -0.2) is 9.97 Å². The van der Waals surface area contributed by atoms with Gasteiger partial charge in [0, 0.05) is 40.7 Å². The van der Waals surface area contributed by atoms with Gasteiger partial charge < -0.3 is 15.7 Å². The van der Waals surface area contributed by atoms with Crippen molar-refractivity contribution in [3.8, 4) is 6.07 Å². The molecule has 4 heteroatoms. The van der Waals surface area contributed by atoms with E-state index < -0.39 is 0 Å². The van der Waals surface area contributed by atoms with Gasteiger partial charge in [-0.15, -0.1) is 0 Å². The van der Waals surface area contributed by atoms with Crippen molar-refractivity contribution in [2.45, 2.75) is 6.54 Å². The van der Waals surface area contributed by atoms with Gasteiger partial charge in [0.15, 0.2) is 0 Å². The Morgan fingerprint density at radius 2 is 1.45 bits per heavy atom. The number of hydrogen-bond acceptors (Lipinski definition) is 2. The molecule has 0 fully saturated rings. The monoisotopic (exact) mass is 288 g/mol. The summed E-state index contributed by atoms with van der Waals surface area (Å²) >= 11 is 0. The Kier molecular flexibility index (Phi) is 3.90. The van der Waals surface area contributed by atoms with Crippen molar-refractivity contribution in [3.63, 3.8) is 0 Å². The Labute approximate surface area is 128 Å². The number of nitrogens with one attached hydrogen (secondary N) is 2. The van der Waals surface area contributed by atoms with Crippen LogP contribution in [0.15, 0.2) is 60.9 Å². The zero-order valence-corrected chi connectivity index (χ0v) is 12.0. The maximum atomic E-state index is 8.65. The van der Waals surface area contributed by atoms with Crippen molar-refractivity contribution in [1.82, 2.24) is 9.97 Å². The first-order valence-electron chi connectivity index (χ1n) is 7.04. The zero-order valence-electron chi connectivity index (χ0n) is 12.0. The number of benzene rings is 2. The molecule has 108 valence electrons. The first-order valence-corrected chi connectivity index (χ1v) is 7.04. The van der Waals surface area contributed by atoms with Crippen molar-refractivity contribution in [2.75, 3.05) is 0 Å². The van der Waals surface area contributed by atoms with Crippen LogP contribution >= 0.6 is 0 Å². The predicted molar refractivity (Wildman–Crippen MR) is 89.2 cm³/mol. The molecule has 4 nitrogen and oxygen atoms in total. The van der Waals surface area contributed by atoms with Crippen LogP contribution in [0.3, 0.4) is 0 Å². The summed E-state index contributed by atoms with van der Waals surface area (Å²) in [4.78, 5) is 6.18. The standard InChI is InChI=1S/C9H10N2.C9H6N2/c2*10-5-7-6-11-9-4-2-1-3-8(7)9/h1-4,6,11H,5,10H2;1-4,6,11H. The number of nitrogens with two attached hydrogens (primary N) is 1. The summed E-state index contributed by atoms with van der Waals surface area (Å²) < 4.78 is 0. The minimum absolute atomic E-state index is 0.601. The van der Waals surface area contributed by atoms with Crippen LogP contribution < -0.4 is 5.73 Å². The van der Waals surface area contributed by atoms with Gasteiger partial charge in [-0.05, 0) is 17.7 Å². The average Bonchev–Trinajstić information content (AvgIpc) is 3.19. The number of fused-ring (bicyclic) bond motifs is 2. The van der Waals surface area contributed by atoms with E-state index in [2.05, 4.69) is 28.2 Å². The van der Waals surface area contributed by atoms with Crippen molar-refractivity contribution >= 4 is 21.8 Å². The first kappa shape index (κ1) is 13.9. The Morgan fingerprint density at radius 3 is 2.14 bits per heavy atom. The van der Waals surface area contributed by atoms with Crippen LogP contribution in [0.1, 0.15) is 11.1 Å². The van der Waals surface area contributed by atoms with E-state index in [4.69, 9.17) is 11.0 Å². The molecule has 0 atom stereocenters. The molecule has 22 heavy (non-hydrogen) atoms. The molecule has 0 spiro atoms. The molecule has 2 aromatic carbocycles. The smallest absolute Gasteiger partial charge is 0.101 e. The fourth-order valence-corrected chi connectivity index (χ4v) is 2.46. The lowest BCUT2D eigenvalue weighted by molar-refractivity contribution is 1.08. The molecular formula is C18H16N4. The molecule has 0 saturated carbocycles. The summed E-state index contributed by atoms with van der Waals surface area (Å²) in [6, 6.07) is 18.0. The van der Waals surface area contributed by atoms with E-state index in [0.717, 1.165) is 16.4 Å². The summed E-state index contributed by atoms with van der Waals surface area (Å²) in [5.74, 6) is 0. The fraction of sp³-hybridized carbons (Fsp3) is 0.0556. The summed E-state index contributed by atoms with van der Waals surface area (Å²) in [5, 5.41) is 10.9. The molecule has 2 heterocycles. The number of hydrogen-bond donors (Lipinski definition) is 3. The quantitative estimate of drug-likeness (QED) is 0.499. The van der Waals surface area contributed by atoms with Crippen LogP contribution in [0.5, 0.6) is 0 Å². The zero-order chi connectivity index (χ0) is 15.4. The average molecular weight is 288 g/mol. The third-order valence-corrected chi connectivity index (χ3v) is 3.60. The van der Waals surface area contributed by atoms with Gasteiger partial charge in [-0.25, -0.2) is 0 Å². The second-order valence-electron chi connectivity index (χ2n) is 4.92. The lowest BCUT2D eigenvalue weighted by Gasteiger charge is -1.90. The molecule has 4 N–H and O–H groups in total. The molecule has 0 amide bonds. The topological polar surface area (TPSA) is 81.4 Å². The third kappa shape index (κ3) is 2.58. The number of nitrogens with zero attached hydrogens (tertiary/aromatic N) is 1. The molecule has 0 unspecified atom stereocenters. The SMILES string of the molecule is N#Cc1c[nH]c2ccccc12.NCc1c[nH]c2ccccc12. The minimum atomic E-state index is 0.601. The van der Waals surface area contributed by atoms with Crippen molar-refractivity contribution < 1.29 is 0 Å². The van der Waals surface area contributed by atoms with Crippen LogP contribution in [0.2, 0.25) is 0 Å². The van der Waals surface area contributed by atoms with Crippen LogP contribution in [0, 0.1) is 11.3 Å². The van der Waals surface area contributed by atoms with Gasteiger partial charge in [-0.1, -0.05) is 36.4 Å². The van der Waals surface area contributed by atoms with Gasteiger partial charge >= 0.3 is 0 Å². The molecular weight excluding hydrogens is 272 g/mol. The van der Waals surface area contributed by atoms with Crippen LogP contribution in [0.25, 0.3) is 21.8 Å². The first-order chi connectivity index (χ1) is 10.8. The van der Waals surface area contributed by atoms with Gasteiger partial charge in [-0.3, -0.25) is 0 Å². The van der Waals surface area contributed by atoms with E-state index in [-0.39, 0.29) is 0 Å². The summed E-state index contributed by atoms with van der Waals surface area (Å²) in [6.07, 6.45) is 3.69. The molecule has 0 saturated heterocycles. The molecule has 0 aliphatic carbocycles.